The van der Waals surface area contributed by atoms with Gasteiger partial charge in [0.25, 0.3) is 5.91 Å². The number of carbonyl (C=O) groups excluding carboxylic acids is 1. The zero-order valence-electron chi connectivity index (χ0n) is 12.9. The van der Waals surface area contributed by atoms with E-state index in [1.54, 1.807) is 56.5 Å². The van der Waals surface area contributed by atoms with Gasteiger partial charge in [-0.15, -0.1) is 0 Å². The Morgan fingerprint density at radius 2 is 1.78 bits per heavy atom. The summed E-state index contributed by atoms with van der Waals surface area (Å²) in [6.07, 6.45) is -0.645. The molecule has 0 bridgehead atoms. The van der Waals surface area contributed by atoms with Crippen molar-refractivity contribution in [2.24, 2.45) is 0 Å². The Balaban J connectivity index is 1.60. The highest BCUT2D eigenvalue weighted by Gasteiger charge is 2.18. The minimum atomic E-state index is -0.645. The molecule has 0 aromatic heterocycles. The molecule has 2 aromatic carbocycles. The summed E-state index contributed by atoms with van der Waals surface area (Å²) in [4.78, 5) is 12.2. The van der Waals surface area contributed by atoms with Crippen LogP contribution in [0, 0.1) is 0 Å². The van der Waals surface area contributed by atoms with Crippen LogP contribution in [0.4, 0.5) is 5.69 Å². The summed E-state index contributed by atoms with van der Waals surface area (Å²) < 4.78 is 21.2. The number of nitrogens with one attached hydrogen (secondary N) is 1. The first-order valence-corrected chi connectivity index (χ1v) is 7.17. The van der Waals surface area contributed by atoms with E-state index in [0.29, 0.717) is 22.9 Å². The Hall–Kier alpha value is -2.89. The van der Waals surface area contributed by atoms with Crippen LogP contribution in [0.1, 0.15) is 6.92 Å². The highest BCUT2D eigenvalue weighted by molar-refractivity contribution is 5.94. The SMILES string of the molecule is COc1ccc(OC(C)C(=O)Nc2ccc3c(c2)OCO3)cc1. The standard InChI is InChI=1S/C17H17NO5/c1-11(23-14-6-4-13(20-2)5-7-14)17(19)18-12-3-8-15-16(9-12)22-10-21-15/h3-9,11H,10H2,1-2H3,(H,18,19). The number of rotatable bonds is 5. The molecule has 6 heteroatoms. The maximum absolute atomic E-state index is 12.2. The molecule has 1 heterocycles. The molecule has 0 spiro atoms. The number of benzene rings is 2. The number of anilines is 1. The van der Waals surface area contributed by atoms with Crippen LogP contribution in [0.2, 0.25) is 0 Å². The molecule has 0 fully saturated rings. The van der Waals surface area contributed by atoms with Crippen molar-refractivity contribution in [1.82, 2.24) is 0 Å². The van der Waals surface area contributed by atoms with Gasteiger partial charge in [-0.2, -0.15) is 0 Å². The van der Waals surface area contributed by atoms with E-state index in [4.69, 9.17) is 18.9 Å². The number of amides is 1. The Bertz CT molecular complexity index is 699. The first kappa shape index (κ1) is 15.0. The predicted molar refractivity (Wildman–Crippen MR) is 84.3 cm³/mol. The van der Waals surface area contributed by atoms with Crippen LogP contribution >= 0.6 is 0 Å². The fourth-order valence-corrected chi connectivity index (χ4v) is 2.13. The maximum Gasteiger partial charge on any atom is 0.265 e. The van der Waals surface area contributed by atoms with Crippen molar-refractivity contribution in [2.45, 2.75) is 13.0 Å². The summed E-state index contributed by atoms with van der Waals surface area (Å²) in [5.41, 5.74) is 0.629. The number of hydrogen-bond acceptors (Lipinski definition) is 5. The van der Waals surface area contributed by atoms with Crippen molar-refractivity contribution in [3.63, 3.8) is 0 Å². The number of carbonyl (C=O) groups is 1. The quantitative estimate of drug-likeness (QED) is 0.919. The van der Waals surface area contributed by atoms with Gasteiger partial charge in [-0.3, -0.25) is 4.79 Å². The molecular formula is C17H17NO5. The number of hydrogen-bond donors (Lipinski definition) is 1. The second-order valence-electron chi connectivity index (χ2n) is 4.99. The Morgan fingerprint density at radius 3 is 2.52 bits per heavy atom. The molecule has 23 heavy (non-hydrogen) atoms. The molecule has 1 N–H and O–H groups in total. The molecule has 0 aliphatic carbocycles. The first-order chi connectivity index (χ1) is 11.2. The van der Waals surface area contributed by atoms with E-state index < -0.39 is 6.10 Å². The van der Waals surface area contributed by atoms with Gasteiger partial charge in [-0.05, 0) is 43.3 Å². The van der Waals surface area contributed by atoms with E-state index >= 15 is 0 Å². The van der Waals surface area contributed by atoms with Crippen molar-refractivity contribution in [3.05, 3.63) is 42.5 Å². The molecule has 1 aliphatic rings. The summed E-state index contributed by atoms with van der Waals surface area (Å²) in [6.45, 7) is 1.89. The van der Waals surface area contributed by atoms with Gasteiger partial charge in [0.15, 0.2) is 17.6 Å². The maximum atomic E-state index is 12.2. The number of ether oxygens (including phenoxy) is 4. The van der Waals surface area contributed by atoms with E-state index in [1.807, 2.05) is 0 Å². The molecule has 120 valence electrons. The molecule has 0 radical (unpaired) electrons. The summed E-state index contributed by atoms with van der Waals surface area (Å²) in [5.74, 6) is 2.37. The average Bonchev–Trinajstić information content (AvgIpc) is 3.03. The van der Waals surface area contributed by atoms with Crippen LogP contribution in [-0.4, -0.2) is 25.9 Å². The normalized spacial score (nSPS) is 13.3. The van der Waals surface area contributed by atoms with Crippen molar-refractivity contribution in [3.8, 4) is 23.0 Å². The molecule has 2 aromatic rings. The highest BCUT2D eigenvalue weighted by atomic mass is 16.7. The minimum absolute atomic E-state index is 0.198. The lowest BCUT2D eigenvalue weighted by atomic mass is 10.2. The Kier molecular flexibility index (Phi) is 4.23. The molecular weight excluding hydrogens is 298 g/mol. The van der Waals surface area contributed by atoms with Crippen LogP contribution in [-0.2, 0) is 4.79 Å². The predicted octanol–water partition coefficient (Wildman–Crippen LogP) is 2.83. The first-order valence-electron chi connectivity index (χ1n) is 7.17. The highest BCUT2D eigenvalue weighted by Crippen LogP contribution is 2.34. The molecule has 3 rings (SSSR count). The van der Waals surface area contributed by atoms with Crippen molar-refractivity contribution < 1.29 is 23.7 Å². The van der Waals surface area contributed by atoms with Gasteiger partial charge in [-0.1, -0.05) is 0 Å². The zero-order chi connectivity index (χ0) is 16.2. The molecule has 1 unspecified atom stereocenters. The molecule has 0 saturated heterocycles. The van der Waals surface area contributed by atoms with Crippen molar-refractivity contribution in [2.75, 3.05) is 19.2 Å². The monoisotopic (exact) mass is 315 g/mol. The van der Waals surface area contributed by atoms with Gasteiger partial charge >= 0.3 is 0 Å². The van der Waals surface area contributed by atoms with E-state index in [2.05, 4.69) is 5.32 Å². The third-order valence-electron chi connectivity index (χ3n) is 3.38. The molecule has 1 amide bonds. The van der Waals surface area contributed by atoms with Crippen LogP contribution < -0.4 is 24.3 Å². The lowest BCUT2D eigenvalue weighted by molar-refractivity contribution is -0.122. The fourth-order valence-electron chi connectivity index (χ4n) is 2.13. The van der Waals surface area contributed by atoms with Crippen LogP contribution in [0.5, 0.6) is 23.0 Å². The zero-order valence-corrected chi connectivity index (χ0v) is 12.9. The third kappa shape index (κ3) is 3.48. The molecule has 1 atom stereocenters. The van der Waals surface area contributed by atoms with Crippen LogP contribution in [0.25, 0.3) is 0 Å². The average molecular weight is 315 g/mol. The van der Waals surface area contributed by atoms with E-state index in [9.17, 15) is 4.79 Å². The lowest BCUT2D eigenvalue weighted by Gasteiger charge is -2.15. The summed E-state index contributed by atoms with van der Waals surface area (Å²) in [7, 11) is 1.59. The summed E-state index contributed by atoms with van der Waals surface area (Å²) in [5, 5.41) is 2.79. The van der Waals surface area contributed by atoms with E-state index in [1.165, 1.54) is 0 Å². The summed E-state index contributed by atoms with van der Waals surface area (Å²) >= 11 is 0. The van der Waals surface area contributed by atoms with Gasteiger partial charge in [0.2, 0.25) is 6.79 Å². The Morgan fingerprint density at radius 1 is 1.09 bits per heavy atom. The smallest absolute Gasteiger partial charge is 0.265 e. The Labute approximate surface area is 133 Å². The number of fused-ring (bicyclic) bond motifs is 1. The van der Waals surface area contributed by atoms with E-state index in [-0.39, 0.29) is 12.7 Å². The summed E-state index contributed by atoms with van der Waals surface area (Å²) in [6, 6.07) is 12.3. The number of methoxy groups -OCH3 is 1. The molecule has 6 nitrogen and oxygen atoms in total. The van der Waals surface area contributed by atoms with Gasteiger partial charge in [0.1, 0.15) is 11.5 Å². The second kappa shape index (κ2) is 6.48. The topological polar surface area (TPSA) is 66.0 Å². The minimum Gasteiger partial charge on any atom is -0.497 e. The largest absolute Gasteiger partial charge is 0.497 e. The van der Waals surface area contributed by atoms with Gasteiger partial charge in [0.05, 0.1) is 7.11 Å². The van der Waals surface area contributed by atoms with Crippen LogP contribution in [0.3, 0.4) is 0 Å². The van der Waals surface area contributed by atoms with Crippen molar-refractivity contribution in [1.29, 1.82) is 0 Å². The van der Waals surface area contributed by atoms with Crippen LogP contribution in [0.15, 0.2) is 42.5 Å². The molecule has 0 saturated carbocycles. The third-order valence-corrected chi connectivity index (χ3v) is 3.38. The van der Waals surface area contributed by atoms with E-state index in [0.717, 1.165) is 5.75 Å². The lowest BCUT2D eigenvalue weighted by Crippen LogP contribution is -2.30. The van der Waals surface area contributed by atoms with Gasteiger partial charge in [-0.25, -0.2) is 0 Å². The molecule has 1 aliphatic heterocycles. The van der Waals surface area contributed by atoms with Gasteiger partial charge < -0.3 is 24.3 Å². The second-order valence-corrected chi connectivity index (χ2v) is 4.99. The van der Waals surface area contributed by atoms with Gasteiger partial charge in [0, 0.05) is 11.8 Å². The van der Waals surface area contributed by atoms with Crippen molar-refractivity contribution >= 4 is 11.6 Å². The fraction of sp³-hybridized carbons (Fsp3) is 0.235.